The Kier molecular flexibility index (Phi) is 6.34. The van der Waals surface area contributed by atoms with E-state index in [0.717, 1.165) is 53.0 Å². The lowest BCUT2D eigenvalue weighted by Gasteiger charge is -2.20. The highest BCUT2D eigenvalue weighted by atomic mass is 16.4. The minimum Gasteiger partial charge on any atom is -0.481 e. The molecule has 0 saturated carbocycles. The van der Waals surface area contributed by atoms with E-state index in [9.17, 15) is 14.7 Å². The Morgan fingerprint density at radius 2 is 1.64 bits per heavy atom. The number of carboxylic acids is 1. The molecule has 0 fully saturated rings. The molecular formula is C28H30N2O3. The smallest absolute Gasteiger partial charge is 0.307 e. The normalized spacial score (nSPS) is 13.1. The van der Waals surface area contributed by atoms with Crippen LogP contribution in [0.1, 0.15) is 49.3 Å². The number of carbonyl (C=O) groups excluding carboxylic acids is 1. The Hall–Kier alpha value is -3.44. The fourth-order valence-electron chi connectivity index (χ4n) is 4.94. The maximum Gasteiger partial charge on any atom is 0.307 e. The number of fused-ring (bicyclic) bond motifs is 1. The first kappa shape index (κ1) is 22.7. The molecule has 0 bridgehead atoms. The average Bonchev–Trinajstić information content (AvgIpc) is 3.22. The SMILES string of the molecule is CNC(=O)c1cccc(CN2Cc3c(C)c(CC(=O)O)c(-c4ccc(C)cc4)c(C)c3C2)c1. The zero-order valence-electron chi connectivity index (χ0n) is 19.7. The molecule has 3 aromatic rings. The Bertz CT molecular complexity index is 1230. The zero-order valence-corrected chi connectivity index (χ0v) is 19.7. The van der Waals surface area contributed by atoms with E-state index in [4.69, 9.17) is 0 Å². The van der Waals surface area contributed by atoms with Gasteiger partial charge in [0.1, 0.15) is 0 Å². The number of nitrogens with one attached hydrogen (secondary N) is 1. The van der Waals surface area contributed by atoms with Crippen molar-refractivity contribution in [3.05, 3.63) is 93.0 Å². The van der Waals surface area contributed by atoms with Gasteiger partial charge in [0.25, 0.3) is 5.91 Å². The van der Waals surface area contributed by atoms with Gasteiger partial charge >= 0.3 is 5.97 Å². The molecule has 33 heavy (non-hydrogen) atoms. The summed E-state index contributed by atoms with van der Waals surface area (Å²) in [5, 5.41) is 12.3. The second-order valence-corrected chi connectivity index (χ2v) is 8.92. The Balaban J connectivity index is 1.71. The molecule has 2 N–H and O–H groups in total. The van der Waals surface area contributed by atoms with Crippen LogP contribution in [0.2, 0.25) is 0 Å². The standard InChI is InChI=1S/C28H30N2O3/c1-17-8-10-21(11-9-17)27-19(3)25-16-30(15-24(25)18(2)23(27)13-26(31)32)14-20-6-5-7-22(12-20)28(33)29-4/h5-12H,13-16H2,1-4H3,(H,29,33)(H,31,32). The van der Waals surface area contributed by atoms with E-state index in [2.05, 4.69) is 55.3 Å². The van der Waals surface area contributed by atoms with Gasteiger partial charge in [-0.15, -0.1) is 0 Å². The summed E-state index contributed by atoms with van der Waals surface area (Å²) in [5.41, 5.74) is 10.7. The predicted molar refractivity (Wildman–Crippen MR) is 130 cm³/mol. The number of carbonyl (C=O) groups is 2. The van der Waals surface area contributed by atoms with E-state index in [1.165, 1.54) is 16.7 Å². The van der Waals surface area contributed by atoms with Crippen LogP contribution >= 0.6 is 0 Å². The summed E-state index contributed by atoms with van der Waals surface area (Å²) in [6.07, 6.45) is 0.0112. The average molecular weight is 443 g/mol. The maximum atomic E-state index is 12.0. The summed E-state index contributed by atoms with van der Waals surface area (Å²) < 4.78 is 0. The van der Waals surface area contributed by atoms with Gasteiger partial charge in [0.2, 0.25) is 0 Å². The minimum atomic E-state index is -0.813. The van der Waals surface area contributed by atoms with Crippen LogP contribution in [-0.2, 0) is 30.8 Å². The molecule has 0 unspecified atom stereocenters. The number of rotatable bonds is 6. The molecule has 0 saturated heterocycles. The first-order chi connectivity index (χ1) is 15.8. The van der Waals surface area contributed by atoms with Gasteiger partial charge in [-0.1, -0.05) is 42.0 Å². The largest absolute Gasteiger partial charge is 0.481 e. The van der Waals surface area contributed by atoms with Crippen molar-refractivity contribution in [2.75, 3.05) is 7.05 Å². The highest BCUT2D eigenvalue weighted by Gasteiger charge is 2.28. The fourth-order valence-corrected chi connectivity index (χ4v) is 4.94. The van der Waals surface area contributed by atoms with Gasteiger partial charge in [0.05, 0.1) is 6.42 Å². The lowest BCUT2D eigenvalue weighted by atomic mass is 9.84. The lowest BCUT2D eigenvalue weighted by Crippen LogP contribution is -2.19. The van der Waals surface area contributed by atoms with E-state index in [1.807, 2.05) is 24.3 Å². The van der Waals surface area contributed by atoms with Gasteiger partial charge in [0, 0.05) is 32.2 Å². The minimum absolute atomic E-state index is 0.0112. The number of aryl methyl sites for hydroxylation is 1. The zero-order chi connectivity index (χ0) is 23.7. The number of aliphatic carboxylic acids is 1. The van der Waals surface area contributed by atoms with Crippen LogP contribution in [0.15, 0.2) is 48.5 Å². The number of amides is 1. The Morgan fingerprint density at radius 1 is 0.970 bits per heavy atom. The van der Waals surface area contributed by atoms with Crippen molar-refractivity contribution in [3.8, 4) is 11.1 Å². The van der Waals surface area contributed by atoms with Crippen LogP contribution in [0.25, 0.3) is 11.1 Å². The summed E-state index contributed by atoms with van der Waals surface area (Å²) in [7, 11) is 1.64. The van der Waals surface area contributed by atoms with Crippen molar-refractivity contribution in [3.63, 3.8) is 0 Å². The molecule has 5 nitrogen and oxygen atoms in total. The van der Waals surface area contributed by atoms with Crippen LogP contribution in [0.4, 0.5) is 0 Å². The van der Waals surface area contributed by atoms with Crippen molar-refractivity contribution in [2.45, 2.75) is 46.8 Å². The van der Waals surface area contributed by atoms with Crippen molar-refractivity contribution >= 4 is 11.9 Å². The van der Waals surface area contributed by atoms with Crippen LogP contribution in [-0.4, -0.2) is 28.9 Å². The van der Waals surface area contributed by atoms with Crippen LogP contribution < -0.4 is 5.32 Å². The highest BCUT2D eigenvalue weighted by molar-refractivity contribution is 5.94. The molecule has 1 heterocycles. The molecule has 4 rings (SSSR count). The van der Waals surface area contributed by atoms with Gasteiger partial charge in [0.15, 0.2) is 0 Å². The molecule has 1 aliphatic rings. The van der Waals surface area contributed by atoms with Gasteiger partial charge in [-0.25, -0.2) is 0 Å². The van der Waals surface area contributed by atoms with E-state index < -0.39 is 5.97 Å². The molecule has 170 valence electrons. The quantitative estimate of drug-likeness (QED) is 0.576. The first-order valence-electron chi connectivity index (χ1n) is 11.2. The Morgan fingerprint density at radius 3 is 2.27 bits per heavy atom. The molecule has 0 spiro atoms. The lowest BCUT2D eigenvalue weighted by molar-refractivity contribution is -0.136. The second kappa shape index (κ2) is 9.20. The third-order valence-electron chi connectivity index (χ3n) is 6.65. The summed E-state index contributed by atoms with van der Waals surface area (Å²) in [5.74, 6) is -0.902. The molecular weight excluding hydrogens is 412 g/mol. The molecule has 0 radical (unpaired) electrons. The van der Waals surface area contributed by atoms with E-state index in [0.29, 0.717) is 5.56 Å². The third-order valence-corrected chi connectivity index (χ3v) is 6.65. The summed E-state index contributed by atoms with van der Waals surface area (Å²) in [6.45, 7) is 8.54. The second-order valence-electron chi connectivity index (χ2n) is 8.92. The van der Waals surface area contributed by atoms with Crippen LogP contribution in [0.5, 0.6) is 0 Å². The molecule has 0 atom stereocenters. The number of hydrogen-bond donors (Lipinski definition) is 2. The van der Waals surface area contributed by atoms with E-state index in [1.54, 1.807) is 7.05 Å². The van der Waals surface area contributed by atoms with Gasteiger partial charge in [-0.3, -0.25) is 14.5 Å². The molecule has 0 aromatic heterocycles. The van der Waals surface area contributed by atoms with Gasteiger partial charge < -0.3 is 10.4 Å². The van der Waals surface area contributed by atoms with Gasteiger partial charge in [-0.2, -0.15) is 0 Å². The molecule has 1 aliphatic heterocycles. The molecule has 5 heteroatoms. The number of nitrogens with zero attached hydrogens (tertiary/aromatic N) is 1. The first-order valence-corrected chi connectivity index (χ1v) is 11.2. The predicted octanol–water partition coefficient (Wildman–Crippen LogP) is 4.78. The molecule has 1 amide bonds. The summed E-state index contributed by atoms with van der Waals surface area (Å²) in [4.78, 5) is 26.1. The third kappa shape index (κ3) is 4.55. The van der Waals surface area contributed by atoms with Gasteiger partial charge in [-0.05, 0) is 77.4 Å². The topological polar surface area (TPSA) is 69.6 Å². The molecule has 3 aromatic carbocycles. The van der Waals surface area contributed by atoms with Crippen LogP contribution in [0, 0.1) is 20.8 Å². The number of carboxylic acid groups (broad SMARTS) is 1. The summed E-state index contributed by atoms with van der Waals surface area (Å²) in [6, 6.07) is 16.1. The monoisotopic (exact) mass is 442 g/mol. The van der Waals surface area contributed by atoms with Crippen molar-refractivity contribution in [2.24, 2.45) is 0 Å². The van der Waals surface area contributed by atoms with Crippen molar-refractivity contribution < 1.29 is 14.7 Å². The summed E-state index contributed by atoms with van der Waals surface area (Å²) >= 11 is 0. The highest BCUT2D eigenvalue weighted by Crippen LogP contribution is 2.40. The fraction of sp³-hybridized carbons (Fsp3) is 0.286. The van der Waals surface area contributed by atoms with E-state index >= 15 is 0 Å². The van der Waals surface area contributed by atoms with E-state index in [-0.39, 0.29) is 12.3 Å². The van der Waals surface area contributed by atoms with Crippen molar-refractivity contribution in [1.29, 1.82) is 0 Å². The maximum absolute atomic E-state index is 12.0. The number of hydrogen-bond acceptors (Lipinski definition) is 3. The van der Waals surface area contributed by atoms with Crippen molar-refractivity contribution in [1.82, 2.24) is 10.2 Å². The van der Waals surface area contributed by atoms with Crippen LogP contribution in [0.3, 0.4) is 0 Å². The molecule has 0 aliphatic carbocycles. The number of benzene rings is 3. The Labute approximate surface area is 195 Å².